The molecule has 0 saturated carbocycles. The minimum absolute atomic E-state index is 0. The molecule has 7 nitrogen and oxygen atoms in total. The number of nitrogens with zero attached hydrogens (tertiary/aromatic N) is 1. The lowest BCUT2D eigenvalue weighted by atomic mass is 10.1. The highest BCUT2D eigenvalue weighted by molar-refractivity contribution is 14.0. The fourth-order valence-electron chi connectivity index (χ4n) is 2.97. The molecule has 0 saturated heterocycles. The average molecular weight is 569 g/mol. The van der Waals surface area contributed by atoms with Gasteiger partial charge in [0.1, 0.15) is 12.4 Å². The Morgan fingerprint density at radius 3 is 2.52 bits per heavy atom. The van der Waals surface area contributed by atoms with E-state index in [1.165, 1.54) is 0 Å². The molecule has 0 fully saturated rings. The maximum absolute atomic E-state index is 12.1. The van der Waals surface area contributed by atoms with E-state index >= 15 is 0 Å². The Morgan fingerprint density at radius 1 is 1.00 bits per heavy atom. The number of halogens is 1. The van der Waals surface area contributed by atoms with Gasteiger partial charge in [-0.05, 0) is 38.0 Å². The first-order chi connectivity index (χ1) is 15.6. The van der Waals surface area contributed by atoms with Gasteiger partial charge in [-0.2, -0.15) is 0 Å². The molecule has 0 unspecified atom stereocenters. The van der Waals surface area contributed by atoms with E-state index in [1.807, 2.05) is 63.2 Å². The maximum Gasteiger partial charge on any atom is 0.222 e. The smallest absolute Gasteiger partial charge is 0.222 e. The molecular weight excluding hydrogens is 531 g/mol. The third kappa shape index (κ3) is 11.9. The molecule has 182 valence electrons. The van der Waals surface area contributed by atoms with E-state index in [2.05, 4.69) is 27.0 Å². The number of hydrogen-bond donors (Lipinski definition) is 3. The second-order valence-electron chi connectivity index (χ2n) is 7.29. The van der Waals surface area contributed by atoms with Gasteiger partial charge in [-0.1, -0.05) is 42.5 Å². The predicted molar refractivity (Wildman–Crippen MR) is 144 cm³/mol. The van der Waals surface area contributed by atoms with Gasteiger partial charge in [0.15, 0.2) is 5.96 Å². The largest absolute Gasteiger partial charge is 0.491 e. The number of benzene rings is 2. The third-order valence-corrected chi connectivity index (χ3v) is 4.64. The van der Waals surface area contributed by atoms with Crippen molar-refractivity contribution in [2.45, 2.75) is 40.3 Å². The Labute approximate surface area is 214 Å². The molecule has 2 aromatic carbocycles. The first-order valence-electron chi connectivity index (χ1n) is 11.2. The molecule has 2 aromatic rings. The summed E-state index contributed by atoms with van der Waals surface area (Å²) in [6.45, 7) is 10.00. The van der Waals surface area contributed by atoms with Crippen molar-refractivity contribution in [2.75, 3.05) is 32.9 Å². The van der Waals surface area contributed by atoms with Crippen LogP contribution in [0.3, 0.4) is 0 Å². The van der Waals surface area contributed by atoms with Crippen LogP contribution in [0.2, 0.25) is 0 Å². The molecule has 2 rings (SSSR count). The molecule has 0 bridgehead atoms. The van der Waals surface area contributed by atoms with Crippen LogP contribution in [0.5, 0.6) is 5.75 Å². The Balaban J connectivity index is 0.00000544. The van der Waals surface area contributed by atoms with E-state index in [0.29, 0.717) is 51.8 Å². The van der Waals surface area contributed by atoms with E-state index in [-0.39, 0.29) is 29.9 Å². The zero-order chi connectivity index (χ0) is 23.0. The van der Waals surface area contributed by atoms with Crippen molar-refractivity contribution < 1.29 is 14.3 Å². The number of rotatable bonds is 13. The maximum atomic E-state index is 12.1. The predicted octanol–water partition coefficient (Wildman–Crippen LogP) is 3.79. The molecule has 0 radical (unpaired) electrons. The highest BCUT2D eigenvalue weighted by Crippen LogP contribution is 2.21. The second kappa shape index (κ2) is 17.2. The highest BCUT2D eigenvalue weighted by atomic mass is 127. The van der Waals surface area contributed by atoms with Crippen LogP contribution in [-0.2, 0) is 22.6 Å². The SMILES string of the molecule is CCNC(=NCc1ccc(C)cc1OCCOCC)NCCC(=O)NCc1ccccc1.I. The van der Waals surface area contributed by atoms with Crippen molar-refractivity contribution in [3.8, 4) is 5.75 Å². The van der Waals surface area contributed by atoms with Crippen molar-refractivity contribution >= 4 is 35.8 Å². The van der Waals surface area contributed by atoms with Crippen LogP contribution in [0.25, 0.3) is 0 Å². The second-order valence-corrected chi connectivity index (χ2v) is 7.29. The average Bonchev–Trinajstić information content (AvgIpc) is 2.80. The van der Waals surface area contributed by atoms with Crippen LogP contribution >= 0.6 is 24.0 Å². The van der Waals surface area contributed by atoms with E-state index < -0.39 is 0 Å². The number of guanidine groups is 1. The zero-order valence-corrected chi connectivity index (χ0v) is 22.2. The minimum Gasteiger partial charge on any atom is -0.491 e. The lowest BCUT2D eigenvalue weighted by molar-refractivity contribution is -0.121. The summed E-state index contributed by atoms with van der Waals surface area (Å²) in [7, 11) is 0. The van der Waals surface area contributed by atoms with Crippen molar-refractivity contribution in [1.82, 2.24) is 16.0 Å². The fraction of sp³-hybridized carbons (Fsp3) is 0.440. The number of carbonyl (C=O) groups is 1. The van der Waals surface area contributed by atoms with E-state index in [1.54, 1.807) is 0 Å². The summed E-state index contributed by atoms with van der Waals surface area (Å²) in [6, 6.07) is 16.0. The highest BCUT2D eigenvalue weighted by Gasteiger charge is 2.06. The van der Waals surface area contributed by atoms with Crippen LogP contribution in [0.1, 0.15) is 37.0 Å². The zero-order valence-electron chi connectivity index (χ0n) is 19.9. The van der Waals surface area contributed by atoms with Crippen LogP contribution in [-0.4, -0.2) is 44.8 Å². The molecular formula is C25H37IN4O3. The molecule has 0 aliphatic rings. The van der Waals surface area contributed by atoms with Crippen LogP contribution < -0.4 is 20.7 Å². The van der Waals surface area contributed by atoms with Crippen LogP contribution in [0, 0.1) is 6.92 Å². The molecule has 0 heterocycles. The molecule has 8 heteroatoms. The third-order valence-electron chi connectivity index (χ3n) is 4.64. The standard InChI is InChI=1S/C25H36N4O3.HI/c1-4-26-25(27-14-13-24(30)28-18-21-9-7-6-8-10-21)29-19-22-12-11-20(3)17-23(22)32-16-15-31-5-2;/h6-12,17H,4-5,13-16,18-19H2,1-3H3,(H,28,30)(H2,26,27,29);1H. The van der Waals surface area contributed by atoms with Gasteiger partial charge in [-0.3, -0.25) is 4.79 Å². The van der Waals surface area contributed by atoms with Gasteiger partial charge in [0.25, 0.3) is 0 Å². The summed E-state index contributed by atoms with van der Waals surface area (Å²) >= 11 is 0. The van der Waals surface area contributed by atoms with Gasteiger partial charge in [0.05, 0.1) is 13.2 Å². The van der Waals surface area contributed by atoms with Gasteiger partial charge >= 0.3 is 0 Å². The Kier molecular flexibility index (Phi) is 14.9. The summed E-state index contributed by atoms with van der Waals surface area (Å²) in [6.07, 6.45) is 0.369. The number of nitrogens with one attached hydrogen (secondary N) is 3. The van der Waals surface area contributed by atoms with E-state index in [0.717, 1.165) is 29.0 Å². The normalized spacial score (nSPS) is 10.8. The summed E-state index contributed by atoms with van der Waals surface area (Å²) in [5, 5.41) is 9.39. The number of amides is 1. The van der Waals surface area contributed by atoms with Crippen molar-refractivity contribution in [3.63, 3.8) is 0 Å². The van der Waals surface area contributed by atoms with Gasteiger partial charge in [0.2, 0.25) is 5.91 Å². The van der Waals surface area contributed by atoms with Crippen molar-refractivity contribution in [2.24, 2.45) is 4.99 Å². The molecule has 0 aliphatic carbocycles. The number of aliphatic imine (C=N–C) groups is 1. The lowest BCUT2D eigenvalue weighted by Crippen LogP contribution is -2.39. The molecule has 0 spiro atoms. The Morgan fingerprint density at radius 2 is 1.79 bits per heavy atom. The minimum atomic E-state index is 0. The molecule has 0 aromatic heterocycles. The van der Waals surface area contributed by atoms with Crippen LogP contribution in [0.15, 0.2) is 53.5 Å². The van der Waals surface area contributed by atoms with E-state index in [9.17, 15) is 4.79 Å². The summed E-state index contributed by atoms with van der Waals surface area (Å²) in [4.78, 5) is 16.8. The van der Waals surface area contributed by atoms with Gasteiger partial charge in [-0.25, -0.2) is 4.99 Å². The summed E-state index contributed by atoms with van der Waals surface area (Å²) < 4.78 is 11.3. The monoisotopic (exact) mass is 568 g/mol. The summed E-state index contributed by atoms with van der Waals surface area (Å²) in [5.41, 5.74) is 3.22. The molecule has 3 N–H and O–H groups in total. The number of carbonyl (C=O) groups excluding carboxylic acids is 1. The Bertz CT molecular complexity index is 847. The number of hydrogen-bond acceptors (Lipinski definition) is 4. The number of ether oxygens (including phenoxy) is 2. The fourth-order valence-corrected chi connectivity index (χ4v) is 2.97. The van der Waals surface area contributed by atoms with Crippen LogP contribution in [0.4, 0.5) is 0 Å². The molecule has 0 atom stereocenters. The van der Waals surface area contributed by atoms with Gasteiger partial charge < -0.3 is 25.4 Å². The molecule has 0 aliphatic heterocycles. The first kappa shape index (κ1) is 28.7. The van der Waals surface area contributed by atoms with Crippen molar-refractivity contribution in [1.29, 1.82) is 0 Å². The molecule has 1 amide bonds. The number of aryl methyl sites for hydroxylation is 1. The van der Waals surface area contributed by atoms with Crippen molar-refractivity contribution in [3.05, 3.63) is 65.2 Å². The summed E-state index contributed by atoms with van der Waals surface area (Å²) in [5.74, 6) is 1.49. The van der Waals surface area contributed by atoms with Gasteiger partial charge in [0, 0.05) is 38.2 Å². The quantitative estimate of drug-likeness (QED) is 0.148. The van der Waals surface area contributed by atoms with E-state index in [4.69, 9.17) is 9.47 Å². The topological polar surface area (TPSA) is 84.0 Å². The Hall–Kier alpha value is -2.33. The molecule has 33 heavy (non-hydrogen) atoms. The first-order valence-corrected chi connectivity index (χ1v) is 11.2. The lowest BCUT2D eigenvalue weighted by Gasteiger charge is -2.14. The van der Waals surface area contributed by atoms with Gasteiger partial charge in [-0.15, -0.1) is 24.0 Å².